The fraction of sp³-hybridized carbons (Fsp3) is 0.393. The van der Waals surface area contributed by atoms with Crippen LogP contribution in [0.2, 0.25) is 5.04 Å². The molecule has 1 aliphatic rings. The highest BCUT2D eigenvalue weighted by atomic mass is 28.4. The van der Waals surface area contributed by atoms with Crippen molar-refractivity contribution in [2.75, 3.05) is 6.61 Å². The second-order valence-corrected chi connectivity index (χ2v) is 14.8. The largest absolute Gasteiger partial charge is 0.457 e. The summed E-state index contributed by atoms with van der Waals surface area (Å²) in [6.45, 7) is 10.1. The van der Waals surface area contributed by atoms with Gasteiger partial charge in [0, 0.05) is 25.1 Å². The molecule has 3 aromatic rings. The van der Waals surface area contributed by atoms with Crippen molar-refractivity contribution in [2.45, 2.75) is 58.1 Å². The quantitative estimate of drug-likeness (QED) is 0.378. The molecule has 0 saturated carbocycles. The van der Waals surface area contributed by atoms with Crippen molar-refractivity contribution in [3.05, 3.63) is 93.8 Å². The predicted octanol–water partition coefficient (Wildman–Crippen LogP) is 2.58. The third kappa shape index (κ3) is 5.25. The first kappa shape index (κ1) is 26.8. The number of benzene rings is 2. The SMILES string of the molecule is CC(=O)O[C@H]1C(n2ccc(=O)[nH]c2=O)O[C@H](CO[Si](c2ccccc2)(c2ccccc2)C(C)(C)C)[C@H]1C. The summed E-state index contributed by atoms with van der Waals surface area (Å²) in [7, 11) is -2.82. The molecule has 1 saturated heterocycles. The van der Waals surface area contributed by atoms with E-state index >= 15 is 0 Å². The summed E-state index contributed by atoms with van der Waals surface area (Å²) in [6, 6.07) is 21.8. The van der Waals surface area contributed by atoms with Gasteiger partial charge in [-0.2, -0.15) is 0 Å². The molecule has 0 aliphatic carbocycles. The molecule has 4 atom stereocenters. The number of nitrogens with one attached hydrogen (secondary N) is 1. The molecule has 1 fully saturated rings. The molecular formula is C28H34N2O6Si. The normalized spacial score (nSPS) is 22.1. The molecule has 1 N–H and O–H groups in total. The molecule has 9 heteroatoms. The maximum Gasteiger partial charge on any atom is 0.330 e. The van der Waals surface area contributed by atoms with E-state index < -0.39 is 44.0 Å². The Morgan fingerprint density at radius 2 is 1.57 bits per heavy atom. The van der Waals surface area contributed by atoms with Crippen LogP contribution in [-0.2, 0) is 18.7 Å². The Morgan fingerprint density at radius 1 is 1.00 bits per heavy atom. The van der Waals surface area contributed by atoms with Crippen LogP contribution in [0.4, 0.5) is 0 Å². The number of aromatic nitrogens is 2. The Kier molecular flexibility index (Phi) is 7.68. The van der Waals surface area contributed by atoms with E-state index in [1.807, 2.05) is 43.3 Å². The summed E-state index contributed by atoms with van der Waals surface area (Å²) in [6.07, 6.45) is -0.722. The molecule has 1 unspecified atom stereocenters. The number of hydrogen-bond acceptors (Lipinski definition) is 6. The molecule has 0 spiro atoms. The third-order valence-corrected chi connectivity index (χ3v) is 12.0. The average molecular weight is 523 g/mol. The lowest BCUT2D eigenvalue weighted by molar-refractivity contribution is -0.153. The number of esters is 1. The lowest BCUT2D eigenvalue weighted by Crippen LogP contribution is -2.67. The van der Waals surface area contributed by atoms with Crippen molar-refractivity contribution in [3.63, 3.8) is 0 Å². The van der Waals surface area contributed by atoms with Gasteiger partial charge in [0.2, 0.25) is 0 Å². The van der Waals surface area contributed by atoms with Gasteiger partial charge >= 0.3 is 11.7 Å². The van der Waals surface area contributed by atoms with Gasteiger partial charge in [-0.1, -0.05) is 88.4 Å². The summed E-state index contributed by atoms with van der Waals surface area (Å²) in [5.41, 5.74) is -1.14. The van der Waals surface area contributed by atoms with Crippen LogP contribution in [0.5, 0.6) is 0 Å². The van der Waals surface area contributed by atoms with Crippen LogP contribution in [0.25, 0.3) is 0 Å². The molecule has 1 aromatic heterocycles. The van der Waals surface area contributed by atoms with Gasteiger partial charge in [0.25, 0.3) is 13.9 Å². The van der Waals surface area contributed by atoms with Crippen molar-refractivity contribution >= 4 is 24.7 Å². The molecule has 1 aliphatic heterocycles. The molecule has 4 rings (SSSR count). The van der Waals surface area contributed by atoms with Gasteiger partial charge < -0.3 is 13.9 Å². The average Bonchev–Trinajstić information content (AvgIpc) is 3.14. The van der Waals surface area contributed by atoms with Crippen LogP contribution in [0.15, 0.2) is 82.5 Å². The zero-order valence-corrected chi connectivity index (χ0v) is 22.8. The fourth-order valence-corrected chi connectivity index (χ4v) is 9.79. The van der Waals surface area contributed by atoms with Gasteiger partial charge in [-0.15, -0.1) is 0 Å². The molecule has 8 nitrogen and oxygen atoms in total. The molecular weight excluding hydrogens is 488 g/mol. The standard InChI is InChI=1S/C28H34N2O6Si/c1-19-23(36-26(25(19)35-20(2)31)30-17-16-24(32)29-27(30)33)18-34-37(28(3,4)5,21-12-8-6-9-13-21)22-14-10-7-11-15-22/h6-17,19,23,25-26H,18H2,1-5H3,(H,29,32,33)/t19-,23-,25-,26?/m1/s1. The van der Waals surface area contributed by atoms with E-state index in [1.54, 1.807) is 0 Å². The van der Waals surface area contributed by atoms with Gasteiger partial charge in [-0.05, 0) is 15.4 Å². The van der Waals surface area contributed by atoms with Gasteiger partial charge in [-0.3, -0.25) is 19.1 Å². The number of carbonyl (C=O) groups excluding carboxylic acids is 1. The first-order valence-corrected chi connectivity index (χ1v) is 14.3. The first-order valence-electron chi connectivity index (χ1n) is 12.4. The lowest BCUT2D eigenvalue weighted by atomic mass is 10.0. The van der Waals surface area contributed by atoms with Crippen LogP contribution in [0.1, 0.15) is 40.8 Å². The highest BCUT2D eigenvalue weighted by Crippen LogP contribution is 2.40. The number of nitrogens with zero attached hydrogens (tertiary/aromatic N) is 1. The third-order valence-electron chi connectivity index (χ3n) is 7.01. The smallest absolute Gasteiger partial charge is 0.330 e. The zero-order valence-electron chi connectivity index (χ0n) is 21.8. The molecule has 2 heterocycles. The van der Waals surface area contributed by atoms with E-state index in [1.165, 1.54) is 23.8 Å². The number of aromatic amines is 1. The first-order chi connectivity index (χ1) is 17.5. The topological polar surface area (TPSA) is 99.6 Å². The van der Waals surface area contributed by atoms with Crippen LogP contribution in [-0.4, -0.2) is 42.7 Å². The zero-order chi connectivity index (χ0) is 26.8. The van der Waals surface area contributed by atoms with Crippen molar-refractivity contribution in [2.24, 2.45) is 5.92 Å². The monoisotopic (exact) mass is 522 g/mol. The summed E-state index contributed by atoms with van der Waals surface area (Å²) in [5, 5.41) is 2.07. The van der Waals surface area contributed by atoms with E-state index in [9.17, 15) is 14.4 Å². The van der Waals surface area contributed by atoms with Gasteiger partial charge in [0.15, 0.2) is 12.3 Å². The predicted molar refractivity (Wildman–Crippen MR) is 144 cm³/mol. The van der Waals surface area contributed by atoms with E-state index in [4.69, 9.17) is 13.9 Å². The van der Waals surface area contributed by atoms with Gasteiger partial charge in [-0.25, -0.2) is 4.79 Å². The maximum absolute atomic E-state index is 12.6. The molecule has 0 amide bonds. The van der Waals surface area contributed by atoms with Crippen molar-refractivity contribution < 1.29 is 18.7 Å². The van der Waals surface area contributed by atoms with Gasteiger partial charge in [0.05, 0.1) is 12.7 Å². The minimum atomic E-state index is -2.82. The Labute approximate surface area is 217 Å². The van der Waals surface area contributed by atoms with Crippen LogP contribution >= 0.6 is 0 Å². The van der Waals surface area contributed by atoms with Crippen molar-refractivity contribution in [3.8, 4) is 0 Å². The number of carbonyl (C=O) groups is 1. The number of rotatable bonds is 7. The van der Waals surface area contributed by atoms with Gasteiger partial charge in [0.1, 0.15) is 0 Å². The Balaban J connectivity index is 1.72. The Hall–Kier alpha value is -3.27. The second-order valence-electron chi connectivity index (χ2n) is 10.5. The summed E-state index contributed by atoms with van der Waals surface area (Å²) in [4.78, 5) is 38.3. The van der Waals surface area contributed by atoms with Crippen LogP contribution in [0, 0.1) is 5.92 Å². The maximum atomic E-state index is 12.6. The van der Waals surface area contributed by atoms with E-state index in [0.717, 1.165) is 10.4 Å². The molecule has 37 heavy (non-hydrogen) atoms. The van der Waals surface area contributed by atoms with Crippen LogP contribution < -0.4 is 21.6 Å². The lowest BCUT2D eigenvalue weighted by Gasteiger charge is -2.43. The van der Waals surface area contributed by atoms with Crippen molar-refractivity contribution in [1.29, 1.82) is 0 Å². The van der Waals surface area contributed by atoms with E-state index in [2.05, 4.69) is 50.0 Å². The highest BCUT2D eigenvalue weighted by Gasteiger charge is 2.52. The highest BCUT2D eigenvalue weighted by molar-refractivity contribution is 6.99. The molecule has 0 bridgehead atoms. The Bertz CT molecular complexity index is 1290. The number of hydrogen-bond donors (Lipinski definition) is 1. The fourth-order valence-electron chi connectivity index (χ4n) is 5.22. The molecule has 0 radical (unpaired) electrons. The minimum Gasteiger partial charge on any atom is -0.457 e. The van der Waals surface area contributed by atoms with E-state index in [0.29, 0.717) is 0 Å². The van der Waals surface area contributed by atoms with Crippen LogP contribution in [0.3, 0.4) is 0 Å². The van der Waals surface area contributed by atoms with Crippen molar-refractivity contribution in [1.82, 2.24) is 9.55 Å². The summed E-state index contributed by atoms with van der Waals surface area (Å²) in [5.74, 6) is -0.748. The van der Waals surface area contributed by atoms with E-state index in [-0.39, 0.29) is 17.6 Å². The summed E-state index contributed by atoms with van der Waals surface area (Å²) >= 11 is 0. The summed E-state index contributed by atoms with van der Waals surface area (Å²) < 4.78 is 20.2. The molecule has 2 aromatic carbocycles. The number of H-pyrrole nitrogens is 1. The minimum absolute atomic E-state index is 0.220. The molecule has 196 valence electrons. The second kappa shape index (κ2) is 10.6. The number of ether oxygens (including phenoxy) is 2. The Morgan fingerprint density at radius 3 is 2.05 bits per heavy atom.